The molecule has 0 bridgehead atoms. The first kappa shape index (κ1) is 9.21. The van der Waals surface area contributed by atoms with Crippen molar-refractivity contribution in [3.63, 3.8) is 0 Å². The molecule has 76 valence electrons. The standard InChI is InChI=1S/C9H13N3O2/c1-11(2)7-3-9(13)12(10-4-7)5-8-6-14-8/h3-4,8H,5-6H2,1-2H3. The Bertz CT molecular complexity index is 382. The second-order valence-corrected chi connectivity index (χ2v) is 3.58. The molecule has 2 heterocycles. The smallest absolute Gasteiger partial charge is 0.268 e. The van der Waals surface area contributed by atoms with E-state index in [0.717, 1.165) is 12.3 Å². The van der Waals surface area contributed by atoms with E-state index in [-0.39, 0.29) is 11.7 Å². The van der Waals surface area contributed by atoms with E-state index in [0.29, 0.717) is 6.54 Å². The van der Waals surface area contributed by atoms with Crippen LogP contribution in [0.25, 0.3) is 0 Å². The summed E-state index contributed by atoms with van der Waals surface area (Å²) in [4.78, 5) is 13.4. The molecule has 1 aliphatic rings. The lowest BCUT2D eigenvalue weighted by atomic mass is 10.4. The fraction of sp³-hybridized carbons (Fsp3) is 0.556. The lowest BCUT2D eigenvalue weighted by molar-refractivity contribution is 0.368. The van der Waals surface area contributed by atoms with Crippen LogP contribution in [0.4, 0.5) is 5.69 Å². The zero-order valence-electron chi connectivity index (χ0n) is 8.30. The first-order valence-electron chi connectivity index (χ1n) is 4.53. The summed E-state index contributed by atoms with van der Waals surface area (Å²) >= 11 is 0. The van der Waals surface area contributed by atoms with E-state index in [1.54, 1.807) is 12.3 Å². The average Bonchev–Trinajstić information content (AvgIpc) is 2.92. The van der Waals surface area contributed by atoms with Crippen LogP contribution in [-0.2, 0) is 11.3 Å². The number of aromatic nitrogens is 2. The summed E-state index contributed by atoms with van der Waals surface area (Å²) in [6, 6.07) is 1.58. The number of hydrogen-bond donors (Lipinski definition) is 0. The summed E-state index contributed by atoms with van der Waals surface area (Å²) in [5, 5.41) is 4.06. The Morgan fingerprint density at radius 3 is 2.93 bits per heavy atom. The van der Waals surface area contributed by atoms with E-state index in [1.165, 1.54) is 4.68 Å². The second-order valence-electron chi connectivity index (χ2n) is 3.58. The minimum Gasteiger partial charge on any atom is -0.376 e. The van der Waals surface area contributed by atoms with Crippen LogP contribution in [0.3, 0.4) is 0 Å². The molecule has 0 amide bonds. The third kappa shape index (κ3) is 1.93. The molecule has 1 aromatic heterocycles. The predicted octanol–water partition coefficient (Wildman–Crippen LogP) is -0.292. The van der Waals surface area contributed by atoms with Crippen LogP contribution < -0.4 is 10.5 Å². The number of rotatable bonds is 3. The number of ether oxygens (including phenoxy) is 1. The van der Waals surface area contributed by atoms with Crippen LogP contribution in [0.5, 0.6) is 0 Å². The highest BCUT2D eigenvalue weighted by atomic mass is 16.6. The van der Waals surface area contributed by atoms with Crippen molar-refractivity contribution < 1.29 is 4.74 Å². The highest BCUT2D eigenvalue weighted by Gasteiger charge is 2.23. The monoisotopic (exact) mass is 195 g/mol. The van der Waals surface area contributed by atoms with Crippen LogP contribution in [0.1, 0.15) is 0 Å². The Labute approximate surface area is 81.9 Å². The van der Waals surface area contributed by atoms with Crippen molar-refractivity contribution in [2.75, 3.05) is 25.6 Å². The van der Waals surface area contributed by atoms with Crippen molar-refractivity contribution in [2.24, 2.45) is 0 Å². The van der Waals surface area contributed by atoms with Gasteiger partial charge >= 0.3 is 0 Å². The largest absolute Gasteiger partial charge is 0.376 e. The lowest BCUT2D eigenvalue weighted by Crippen LogP contribution is -2.26. The van der Waals surface area contributed by atoms with Crippen molar-refractivity contribution in [2.45, 2.75) is 12.6 Å². The van der Waals surface area contributed by atoms with Crippen molar-refractivity contribution in [1.29, 1.82) is 0 Å². The van der Waals surface area contributed by atoms with Crippen LogP contribution in [0.2, 0.25) is 0 Å². The minimum atomic E-state index is -0.0771. The van der Waals surface area contributed by atoms with Gasteiger partial charge in [-0.05, 0) is 0 Å². The molecule has 0 spiro atoms. The van der Waals surface area contributed by atoms with Crippen molar-refractivity contribution in [1.82, 2.24) is 9.78 Å². The summed E-state index contributed by atoms with van der Waals surface area (Å²) in [5.41, 5.74) is 0.745. The first-order valence-corrected chi connectivity index (χ1v) is 4.53. The summed E-state index contributed by atoms with van der Waals surface area (Å²) in [6.07, 6.45) is 1.87. The third-order valence-electron chi connectivity index (χ3n) is 2.15. The Hall–Kier alpha value is -1.36. The Morgan fingerprint density at radius 2 is 2.43 bits per heavy atom. The molecule has 0 radical (unpaired) electrons. The van der Waals surface area contributed by atoms with Crippen LogP contribution in [0, 0.1) is 0 Å². The van der Waals surface area contributed by atoms with E-state index in [1.807, 2.05) is 19.0 Å². The van der Waals surface area contributed by atoms with Gasteiger partial charge in [0.25, 0.3) is 5.56 Å². The molecule has 14 heavy (non-hydrogen) atoms. The molecule has 5 nitrogen and oxygen atoms in total. The molecule has 5 heteroatoms. The molecular weight excluding hydrogens is 182 g/mol. The number of epoxide rings is 1. The predicted molar refractivity (Wildman–Crippen MR) is 52.6 cm³/mol. The summed E-state index contributed by atoms with van der Waals surface area (Å²) < 4.78 is 6.47. The third-order valence-corrected chi connectivity index (χ3v) is 2.15. The number of nitrogens with zero attached hydrogens (tertiary/aromatic N) is 3. The molecule has 1 unspecified atom stereocenters. The van der Waals surface area contributed by atoms with E-state index in [2.05, 4.69) is 5.10 Å². The van der Waals surface area contributed by atoms with Gasteiger partial charge in [0.05, 0.1) is 25.0 Å². The van der Waals surface area contributed by atoms with Crippen LogP contribution in [0.15, 0.2) is 17.1 Å². The molecule has 1 aromatic rings. The Kier molecular flexibility index (Phi) is 2.25. The zero-order valence-corrected chi connectivity index (χ0v) is 8.30. The Balaban J connectivity index is 2.21. The van der Waals surface area contributed by atoms with Gasteiger partial charge in [0.15, 0.2) is 0 Å². The van der Waals surface area contributed by atoms with E-state index in [4.69, 9.17) is 4.74 Å². The molecule has 1 aliphatic heterocycles. The van der Waals surface area contributed by atoms with Gasteiger partial charge in [-0.15, -0.1) is 0 Å². The van der Waals surface area contributed by atoms with Gasteiger partial charge in [0.2, 0.25) is 0 Å². The van der Waals surface area contributed by atoms with Gasteiger partial charge in [-0.1, -0.05) is 0 Å². The van der Waals surface area contributed by atoms with Crippen molar-refractivity contribution in [3.8, 4) is 0 Å². The SMILES string of the molecule is CN(C)c1cnn(CC2CO2)c(=O)c1. The molecule has 0 saturated carbocycles. The zero-order chi connectivity index (χ0) is 10.1. The topological polar surface area (TPSA) is 50.7 Å². The highest BCUT2D eigenvalue weighted by Crippen LogP contribution is 2.10. The van der Waals surface area contributed by atoms with E-state index in [9.17, 15) is 4.79 Å². The van der Waals surface area contributed by atoms with E-state index < -0.39 is 0 Å². The normalized spacial score (nSPS) is 19.4. The molecule has 2 rings (SSSR count). The second kappa shape index (κ2) is 3.42. The van der Waals surface area contributed by atoms with Gasteiger partial charge < -0.3 is 9.64 Å². The maximum absolute atomic E-state index is 11.5. The fourth-order valence-electron chi connectivity index (χ4n) is 1.17. The average molecular weight is 195 g/mol. The Morgan fingerprint density at radius 1 is 1.71 bits per heavy atom. The molecule has 1 fully saturated rings. The maximum Gasteiger partial charge on any atom is 0.268 e. The van der Waals surface area contributed by atoms with Gasteiger partial charge in [-0.25, -0.2) is 4.68 Å². The van der Waals surface area contributed by atoms with Crippen LogP contribution in [-0.4, -0.2) is 36.6 Å². The van der Waals surface area contributed by atoms with Crippen LogP contribution >= 0.6 is 0 Å². The molecule has 1 saturated heterocycles. The molecule has 0 N–H and O–H groups in total. The summed E-state index contributed by atoms with van der Waals surface area (Å²) in [5.74, 6) is 0. The van der Waals surface area contributed by atoms with Gasteiger partial charge in [-0.2, -0.15) is 5.10 Å². The molecule has 1 atom stereocenters. The quantitative estimate of drug-likeness (QED) is 0.622. The lowest BCUT2D eigenvalue weighted by Gasteiger charge is -2.11. The highest BCUT2D eigenvalue weighted by molar-refractivity contribution is 5.40. The van der Waals surface area contributed by atoms with Gasteiger partial charge in [-0.3, -0.25) is 4.79 Å². The molecular formula is C9H13N3O2. The van der Waals surface area contributed by atoms with Gasteiger partial charge in [0.1, 0.15) is 6.10 Å². The van der Waals surface area contributed by atoms with Crippen molar-refractivity contribution >= 4 is 5.69 Å². The molecule has 0 aliphatic carbocycles. The summed E-state index contributed by atoms with van der Waals surface area (Å²) in [6.45, 7) is 1.30. The fourth-order valence-corrected chi connectivity index (χ4v) is 1.17. The van der Waals surface area contributed by atoms with Crippen molar-refractivity contribution in [3.05, 3.63) is 22.6 Å². The first-order chi connectivity index (χ1) is 6.66. The maximum atomic E-state index is 11.5. The molecule has 0 aromatic carbocycles. The number of anilines is 1. The summed E-state index contributed by atoms with van der Waals surface area (Å²) in [7, 11) is 3.76. The van der Waals surface area contributed by atoms with Gasteiger partial charge in [0, 0.05) is 20.2 Å². The minimum absolute atomic E-state index is 0.0771. The number of hydrogen-bond acceptors (Lipinski definition) is 4. The van der Waals surface area contributed by atoms with E-state index >= 15 is 0 Å².